The van der Waals surface area contributed by atoms with Gasteiger partial charge in [0.15, 0.2) is 5.78 Å². The molecule has 0 bridgehead atoms. The molecule has 0 heterocycles. The van der Waals surface area contributed by atoms with Crippen LogP contribution in [0.5, 0.6) is 0 Å². The first kappa shape index (κ1) is 10.8. The summed E-state index contributed by atoms with van der Waals surface area (Å²) >= 11 is 0. The molecule has 0 saturated carbocycles. The SMILES string of the molecule is CC12CCC(=O)C=C1CCCc1ccccc12. The normalized spacial score (nSPS) is 27.8. The molecule has 1 aromatic rings. The van der Waals surface area contributed by atoms with Gasteiger partial charge in [0.2, 0.25) is 0 Å². The number of benzene rings is 1. The van der Waals surface area contributed by atoms with Crippen molar-refractivity contribution in [2.45, 2.75) is 44.4 Å². The lowest BCUT2D eigenvalue weighted by Crippen LogP contribution is -2.29. The van der Waals surface area contributed by atoms with Gasteiger partial charge in [-0.1, -0.05) is 36.8 Å². The van der Waals surface area contributed by atoms with E-state index in [1.54, 1.807) is 0 Å². The number of hydrogen-bond donors (Lipinski definition) is 0. The number of allylic oxidation sites excluding steroid dienone is 2. The Morgan fingerprint density at radius 3 is 2.82 bits per heavy atom. The zero-order chi connectivity index (χ0) is 11.9. The summed E-state index contributed by atoms with van der Waals surface area (Å²) in [5.41, 5.74) is 4.41. The Kier molecular flexibility index (Phi) is 2.43. The Morgan fingerprint density at radius 2 is 1.94 bits per heavy atom. The van der Waals surface area contributed by atoms with Crippen molar-refractivity contribution in [1.29, 1.82) is 0 Å². The van der Waals surface area contributed by atoms with E-state index in [1.807, 2.05) is 6.08 Å². The van der Waals surface area contributed by atoms with Crippen molar-refractivity contribution in [3.05, 3.63) is 47.0 Å². The summed E-state index contributed by atoms with van der Waals surface area (Å²) in [4.78, 5) is 11.6. The van der Waals surface area contributed by atoms with Crippen LogP contribution in [0.3, 0.4) is 0 Å². The van der Waals surface area contributed by atoms with Gasteiger partial charge in [-0.25, -0.2) is 0 Å². The molecule has 88 valence electrons. The molecule has 1 heteroatoms. The average Bonchev–Trinajstić information content (AvgIpc) is 2.47. The standard InChI is InChI=1S/C16H18O/c1-16-10-9-14(17)11-13(16)7-4-6-12-5-2-3-8-15(12)16/h2-3,5,8,11H,4,6-7,9-10H2,1H3. The van der Waals surface area contributed by atoms with Gasteiger partial charge in [-0.2, -0.15) is 0 Å². The molecular weight excluding hydrogens is 208 g/mol. The molecule has 0 spiro atoms. The van der Waals surface area contributed by atoms with Gasteiger partial charge in [-0.05, 0) is 42.9 Å². The second-order valence-corrected chi connectivity index (χ2v) is 5.48. The van der Waals surface area contributed by atoms with Crippen LogP contribution in [0.1, 0.15) is 43.7 Å². The lowest BCUT2D eigenvalue weighted by Gasteiger charge is -2.35. The van der Waals surface area contributed by atoms with E-state index >= 15 is 0 Å². The smallest absolute Gasteiger partial charge is 0.155 e. The molecule has 0 saturated heterocycles. The fourth-order valence-corrected chi connectivity index (χ4v) is 3.36. The Balaban J connectivity index is 2.19. The summed E-state index contributed by atoms with van der Waals surface area (Å²) in [5, 5.41) is 0. The summed E-state index contributed by atoms with van der Waals surface area (Å²) in [7, 11) is 0. The molecule has 0 fully saturated rings. The third-order valence-electron chi connectivity index (χ3n) is 4.42. The topological polar surface area (TPSA) is 17.1 Å². The number of aryl methyl sites for hydroxylation is 1. The molecule has 0 aliphatic heterocycles. The van der Waals surface area contributed by atoms with E-state index in [4.69, 9.17) is 0 Å². The zero-order valence-corrected chi connectivity index (χ0v) is 10.3. The van der Waals surface area contributed by atoms with Gasteiger partial charge >= 0.3 is 0 Å². The fourth-order valence-electron chi connectivity index (χ4n) is 3.36. The van der Waals surface area contributed by atoms with E-state index in [2.05, 4.69) is 31.2 Å². The van der Waals surface area contributed by atoms with E-state index < -0.39 is 0 Å². The Hall–Kier alpha value is -1.37. The molecule has 1 aromatic carbocycles. The highest BCUT2D eigenvalue weighted by Gasteiger charge is 2.37. The maximum atomic E-state index is 11.6. The van der Waals surface area contributed by atoms with Crippen molar-refractivity contribution in [2.24, 2.45) is 0 Å². The summed E-state index contributed by atoms with van der Waals surface area (Å²) in [6.45, 7) is 2.31. The van der Waals surface area contributed by atoms with E-state index in [0.29, 0.717) is 12.2 Å². The van der Waals surface area contributed by atoms with Gasteiger partial charge in [0.05, 0.1) is 0 Å². The first-order valence-corrected chi connectivity index (χ1v) is 6.52. The van der Waals surface area contributed by atoms with Crippen molar-refractivity contribution in [3.63, 3.8) is 0 Å². The Morgan fingerprint density at radius 1 is 1.12 bits per heavy atom. The molecule has 2 aliphatic carbocycles. The van der Waals surface area contributed by atoms with E-state index in [-0.39, 0.29) is 5.41 Å². The maximum absolute atomic E-state index is 11.6. The third kappa shape index (κ3) is 1.65. The number of carbonyl (C=O) groups excluding carboxylic acids is 1. The summed E-state index contributed by atoms with van der Waals surface area (Å²) in [6.07, 6.45) is 7.01. The van der Waals surface area contributed by atoms with Gasteiger partial charge in [-0.15, -0.1) is 0 Å². The minimum absolute atomic E-state index is 0.112. The lowest BCUT2D eigenvalue weighted by molar-refractivity contribution is -0.115. The van der Waals surface area contributed by atoms with Crippen LogP contribution in [0, 0.1) is 0 Å². The average molecular weight is 226 g/mol. The van der Waals surface area contributed by atoms with Crippen LogP contribution < -0.4 is 0 Å². The zero-order valence-electron chi connectivity index (χ0n) is 10.3. The third-order valence-corrected chi connectivity index (χ3v) is 4.42. The minimum Gasteiger partial charge on any atom is -0.295 e. The van der Waals surface area contributed by atoms with Crippen LogP contribution in [0.15, 0.2) is 35.9 Å². The van der Waals surface area contributed by atoms with Crippen molar-refractivity contribution in [2.75, 3.05) is 0 Å². The first-order chi connectivity index (χ1) is 8.20. The highest BCUT2D eigenvalue weighted by Crippen LogP contribution is 2.45. The number of ketones is 1. The molecule has 0 aromatic heterocycles. The van der Waals surface area contributed by atoms with Crippen LogP contribution >= 0.6 is 0 Å². The van der Waals surface area contributed by atoms with Crippen molar-refractivity contribution in [3.8, 4) is 0 Å². The van der Waals surface area contributed by atoms with Crippen molar-refractivity contribution in [1.82, 2.24) is 0 Å². The highest BCUT2D eigenvalue weighted by atomic mass is 16.1. The minimum atomic E-state index is 0.112. The van der Waals surface area contributed by atoms with Gasteiger partial charge in [0.1, 0.15) is 0 Å². The summed E-state index contributed by atoms with van der Waals surface area (Å²) in [6, 6.07) is 8.76. The largest absolute Gasteiger partial charge is 0.295 e. The number of rotatable bonds is 0. The molecule has 2 aliphatic rings. The summed E-state index contributed by atoms with van der Waals surface area (Å²) in [5.74, 6) is 0.317. The molecule has 1 nitrogen and oxygen atoms in total. The van der Waals surface area contributed by atoms with E-state index in [0.717, 1.165) is 19.3 Å². The quantitative estimate of drug-likeness (QED) is 0.661. The van der Waals surface area contributed by atoms with Crippen molar-refractivity contribution < 1.29 is 4.79 Å². The maximum Gasteiger partial charge on any atom is 0.155 e. The highest BCUT2D eigenvalue weighted by molar-refractivity contribution is 5.92. The van der Waals surface area contributed by atoms with Crippen LogP contribution in [0.4, 0.5) is 0 Å². The predicted molar refractivity (Wildman–Crippen MR) is 69.1 cm³/mol. The van der Waals surface area contributed by atoms with Gasteiger partial charge in [0.25, 0.3) is 0 Å². The second-order valence-electron chi connectivity index (χ2n) is 5.48. The molecule has 1 atom stereocenters. The van der Waals surface area contributed by atoms with Gasteiger partial charge in [-0.3, -0.25) is 4.79 Å². The van der Waals surface area contributed by atoms with Crippen molar-refractivity contribution >= 4 is 5.78 Å². The molecule has 3 rings (SSSR count). The Labute approximate surface area is 103 Å². The van der Waals surface area contributed by atoms with Gasteiger partial charge in [0, 0.05) is 11.8 Å². The monoisotopic (exact) mass is 226 g/mol. The number of fused-ring (bicyclic) bond motifs is 3. The Bertz CT molecular complexity index is 498. The van der Waals surface area contributed by atoms with E-state index in [9.17, 15) is 4.79 Å². The van der Waals surface area contributed by atoms with Gasteiger partial charge < -0.3 is 0 Å². The van der Waals surface area contributed by atoms with Crippen LogP contribution in [-0.2, 0) is 16.6 Å². The van der Waals surface area contributed by atoms with Crippen LogP contribution in [0.25, 0.3) is 0 Å². The van der Waals surface area contributed by atoms with E-state index in [1.165, 1.54) is 23.1 Å². The molecule has 1 unspecified atom stereocenters. The van der Waals surface area contributed by atoms with Crippen LogP contribution in [0.2, 0.25) is 0 Å². The fraction of sp³-hybridized carbons (Fsp3) is 0.438. The molecule has 0 N–H and O–H groups in total. The second kappa shape index (κ2) is 3.83. The summed E-state index contributed by atoms with van der Waals surface area (Å²) < 4.78 is 0. The predicted octanol–water partition coefficient (Wildman–Crippen LogP) is 3.57. The molecule has 0 radical (unpaired) electrons. The number of carbonyl (C=O) groups is 1. The lowest BCUT2D eigenvalue weighted by atomic mass is 9.68. The number of hydrogen-bond acceptors (Lipinski definition) is 1. The molecule has 0 amide bonds. The van der Waals surface area contributed by atoms with Crippen LogP contribution in [-0.4, -0.2) is 5.78 Å². The molecular formula is C16H18O. The first-order valence-electron chi connectivity index (χ1n) is 6.52. The molecule has 17 heavy (non-hydrogen) atoms.